The fourth-order valence-corrected chi connectivity index (χ4v) is 3.87. The maximum Gasteiger partial charge on any atom is 0.252 e. The maximum absolute atomic E-state index is 12.9. The molecule has 2 amide bonds. The second-order valence-corrected chi connectivity index (χ2v) is 8.70. The standard InChI is InChI=1S/C20H23N5O2S/c1-11(2)25-19-15(9-22-25)14(8-16(24-19)17-7-4-12(3)28-17)20(27)21-10-18(26)23-13-5-6-13/h4,7-9,11,13H,5-6,10H2,1-3H3,(H,21,27)(H,23,26). The van der Waals surface area contributed by atoms with Crippen molar-refractivity contribution in [3.05, 3.63) is 34.8 Å². The molecule has 0 aromatic carbocycles. The summed E-state index contributed by atoms with van der Waals surface area (Å²) in [4.78, 5) is 31.8. The third-order valence-electron chi connectivity index (χ3n) is 4.65. The average molecular weight is 398 g/mol. The minimum absolute atomic E-state index is 0.0368. The highest BCUT2D eigenvalue weighted by atomic mass is 32.1. The predicted molar refractivity (Wildman–Crippen MR) is 109 cm³/mol. The van der Waals surface area contributed by atoms with Crippen molar-refractivity contribution in [1.82, 2.24) is 25.4 Å². The van der Waals surface area contributed by atoms with Gasteiger partial charge in [0.1, 0.15) is 0 Å². The van der Waals surface area contributed by atoms with Crippen LogP contribution in [-0.2, 0) is 4.79 Å². The summed E-state index contributed by atoms with van der Waals surface area (Å²) in [6.45, 7) is 6.05. The number of fused-ring (bicyclic) bond motifs is 1. The van der Waals surface area contributed by atoms with Crippen LogP contribution >= 0.6 is 11.3 Å². The molecule has 3 aromatic heterocycles. The summed E-state index contributed by atoms with van der Waals surface area (Å²) < 4.78 is 1.82. The molecule has 0 saturated heterocycles. The van der Waals surface area contributed by atoms with Gasteiger partial charge in [0.05, 0.1) is 34.3 Å². The van der Waals surface area contributed by atoms with Crippen LogP contribution in [0.5, 0.6) is 0 Å². The van der Waals surface area contributed by atoms with Gasteiger partial charge < -0.3 is 10.6 Å². The zero-order chi connectivity index (χ0) is 19.8. The number of nitrogens with zero attached hydrogens (tertiary/aromatic N) is 3. The topological polar surface area (TPSA) is 88.9 Å². The van der Waals surface area contributed by atoms with Crippen LogP contribution in [-0.4, -0.2) is 39.2 Å². The molecule has 1 aliphatic carbocycles. The van der Waals surface area contributed by atoms with Crippen molar-refractivity contribution in [2.24, 2.45) is 0 Å². The van der Waals surface area contributed by atoms with Gasteiger partial charge in [-0.15, -0.1) is 11.3 Å². The molecule has 1 aliphatic rings. The average Bonchev–Trinajstić information content (AvgIpc) is 3.18. The molecule has 1 saturated carbocycles. The van der Waals surface area contributed by atoms with Crippen LogP contribution in [0.15, 0.2) is 24.4 Å². The van der Waals surface area contributed by atoms with Gasteiger partial charge in [-0.3, -0.25) is 9.59 Å². The molecule has 0 spiro atoms. The van der Waals surface area contributed by atoms with E-state index >= 15 is 0 Å². The quantitative estimate of drug-likeness (QED) is 0.669. The normalized spacial score (nSPS) is 13.9. The van der Waals surface area contributed by atoms with E-state index in [9.17, 15) is 9.59 Å². The van der Waals surface area contributed by atoms with Crippen LogP contribution in [0.3, 0.4) is 0 Å². The van der Waals surface area contributed by atoms with Crippen LogP contribution in [0.4, 0.5) is 0 Å². The van der Waals surface area contributed by atoms with E-state index < -0.39 is 0 Å². The molecule has 0 atom stereocenters. The molecule has 2 N–H and O–H groups in total. The molecular weight excluding hydrogens is 374 g/mol. The van der Waals surface area contributed by atoms with E-state index in [1.54, 1.807) is 23.6 Å². The number of aryl methyl sites for hydroxylation is 1. The van der Waals surface area contributed by atoms with Gasteiger partial charge in [-0.2, -0.15) is 5.10 Å². The number of thiophene rings is 1. The molecular formula is C20H23N5O2S. The monoisotopic (exact) mass is 397 g/mol. The van der Waals surface area contributed by atoms with Crippen molar-refractivity contribution >= 4 is 34.2 Å². The second kappa shape index (κ2) is 7.35. The highest BCUT2D eigenvalue weighted by molar-refractivity contribution is 7.15. The third-order valence-corrected chi connectivity index (χ3v) is 5.67. The fourth-order valence-electron chi connectivity index (χ4n) is 3.04. The van der Waals surface area contributed by atoms with E-state index in [0.717, 1.165) is 23.4 Å². The molecule has 0 unspecified atom stereocenters. The second-order valence-electron chi connectivity index (χ2n) is 7.41. The molecule has 4 rings (SSSR count). The number of carbonyl (C=O) groups excluding carboxylic acids is 2. The molecule has 3 aromatic rings. The van der Waals surface area contributed by atoms with Crippen molar-refractivity contribution in [1.29, 1.82) is 0 Å². The number of amides is 2. The number of carbonyl (C=O) groups is 2. The van der Waals surface area contributed by atoms with Crippen LogP contribution in [0, 0.1) is 6.92 Å². The molecule has 28 heavy (non-hydrogen) atoms. The van der Waals surface area contributed by atoms with Crippen molar-refractivity contribution in [2.75, 3.05) is 6.54 Å². The lowest BCUT2D eigenvalue weighted by Crippen LogP contribution is -2.37. The van der Waals surface area contributed by atoms with Gasteiger partial charge in [0.15, 0.2) is 5.65 Å². The molecule has 7 nitrogen and oxygen atoms in total. The number of hydrogen-bond acceptors (Lipinski definition) is 5. The Hall–Kier alpha value is -2.74. The first-order valence-electron chi connectivity index (χ1n) is 9.45. The molecule has 1 fully saturated rings. The van der Waals surface area contributed by atoms with E-state index in [4.69, 9.17) is 4.98 Å². The highest BCUT2D eigenvalue weighted by Gasteiger charge is 2.24. The molecule has 0 aliphatic heterocycles. The van der Waals surface area contributed by atoms with Crippen molar-refractivity contribution in [3.63, 3.8) is 0 Å². The number of rotatable bonds is 6. The smallest absolute Gasteiger partial charge is 0.252 e. The molecule has 3 heterocycles. The summed E-state index contributed by atoms with van der Waals surface area (Å²) in [6, 6.07) is 6.22. The highest BCUT2D eigenvalue weighted by Crippen LogP contribution is 2.30. The summed E-state index contributed by atoms with van der Waals surface area (Å²) in [5.41, 5.74) is 1.89. The van der Waals surface area contributed by atoms with Gasteiger partial charge in [-0.1, -0.05) is 0 Å². The van der Waals surface area contributed by atoms with E-state index in [1.165, 1.54) is 4.88 Å². The Morgan fingerprint density at radius 2 is 2.11 bits per heavy atom. The van der Waals surface area contributed by atoms with Crippen molar-refractivity contribution in [3.8, 4) is 10.6 Å². The zero-order valence-electron chi connectivity index (χ0n) is 16.2. The van der Waals surface area contributed by atoms with Gasteiger partial charge in [-0.25, -0.2) is 9.67 Å². The summed E-state index contributed by atoms with van der Waals surface area (Å²) in [5.74, 6) is -0.454. The lowest BCUT2D eigenvalue weighted by molar-refractivity contribution is -0.120. The van der Waals surface area contributed by atoms with Crippen LogP contribution in [0.2, 0.25) is 0 Å². The van der Waals surface area contributed by atoms with Crippen LogP contribution in [0.25, 0.3) is 21.6 Å². The predicted octanol–water partition coefficient (Wildman–Crippen LogP) is 3.06. The molecule has 0 radical (unpaired) electrons. The lowest BCUT2D eigenvalue weighted by Gasteiger charge is -2.10. The number of aromatic nitrogens is 3. The Labute approximate surface area is 167 Å². The molecule has 146 valence electrons. The van der Waals surface area contributed by atoms with Crippen molar-refractivity contribution < 1.29 is 9.59 Å². The van der Waals surface area contributed by atoms with Gasteiger partial charge in [0.2, 0.25) is 5.91 Å². The molecule has 0 bridgehead atoms. The summed E-state index contributed by atoms with van der Waals surface area (Å²) in [5, 5.41) is 10.7. The SMILES string of the molecule is Cc1ccc(-c2cc(C(=O)NCC(=O)NC3CC3)c3cnn(C(C)C)c3n2)s1. The Balaban J connectivity index is 1.68. The van der Waals surface area contributed by atoms with Crippen molar-refractivity contribution in [2.45, 2.75) is 45.7 Å². The Morgan fingerprint density at radius 3 is 2.75 bits per heavy atom. The Kier molecular flexibility index (Phi) is 4.89. The summed E-state index contributed by atoms with van der Waals surface area (Å²) >= 11 is 1.63. The fraction of sp³-hybridized carbons (Fsp3) is 0.400. The van der Waals surface area contributed by atoms with Crippen LogP contribution < -0.4 is 10.6 Å². The largest absolute Gasteiger partial charge is 0.352 e. The molecule has 8 heteroatoms. The van der Waals surface area contributed by atoms with E-state index in [2.05, 4.69) is 15.7 Å². The third kappa shape index (κ3) is 3.77. The summed E-state index contributed by atoms with van der Waals surface area (Å²) in [7, 11) is 0. The van der Waals surface area contributed by atoms with E-state index in [0.29, 0.717) is 16.6 Å². The van der Waals surface area contributed by atoms with E-state index in [1.807, 2.05) is 37.6 Å². The van der Waals surface area contributed by atoms with Gasteiger partial charge in [-0.05, 0) is 51.8 Å². The van der Waals surface area contributed by atoms with E-state index in [-0.39, 0.29) is 30.4 Å². The lowest BCUT2D eigenvalue weighted by atomic mass is 10.1. The van der Waals surface area contributed by atoms with Crippen LogP contribution in [0.1, 0.15) is 48.0 Å². The number of hydrogen-bond donors (Lipinski definition) is 2. The first-order chi connectivity index (χ1) is 13.4. The summed E-state index contributed by atoms with van der Waals surface area (Å²) in [6.07, 6.45) is 3.70. The van der Waals surface area contributed by atoms with Gasteiger partial charge >= 0.3 is 0 Å². The van der Waals surface area contributed by atoms with Gasteiger partial charge in [0, 0.05) is 17.0 Å². The Bertz CT molecular complexity index is 1050. The first-order valence-corrected chi connectivity index (χ1v) is 10.3. The first kappa shape index (κ1) is 18.6. The zero-order valence-corrected chi connectivity index (χ0v) is 17.0. The maximum atomic E-state index is 12.9. The Morgan fingerprint density at radius 1 is 1.32 bits per heavy atom. The minimum atomic E-state index is -0.295. The number of nitrogens with one attached hydrogen (secondary N) is 2. The minimum Gasteiger partial charge on any atom is -0.352 e. The van der Waals surface area contributed by atoms with Gasteiger partial charge in [0.25, 0.3) is 5.91 Å². The number of pyridine rings is 1.